The van der Waals surface area contributed by atoms with Gasteiger partial charge in [-0.2, -0.15) is 0 Å². The van der Waals surface area contributed by atoms with Crippen molar-refractivity contribution in [3.8, 4) is 23.0 Å². The van der Waals surface area contributed by atoms with Crippen molar-refractivity contribution >= 4 is 120 Å². The Labute approximate surface area is 325 Å². The number of methoxy groups -OCH3 is 4. The Morgan fingerprint density at radius 3 is 1.07 bits per heavy atom. The van der Waals surface area contributed by atoms with Crippen LogP contribution in [-0.2, 0) is 0 Å². The molecule has 0 unspecified atom stereocenters. The molecule has 276 valence electrons. The van der Waals surface area contributed by atoms with Gasteiger partial charge in [0.05, 0.1) is 61.3 Å². The first kappa shape index (κ1) is 31.5. The lowest BCUT2D eigenvalue weighted by Crippen LogP contribution is -2.15. The van der Waals surface area contributed by atoms with Crippen LogP contribution < -0.4 is 30.1 Å². The molecule has 4 aromatic heterocycles. The smallest absolute Gasteiger partial charge is 0.264 e. The Kier molecular flexibility index (Phi) is 5.73. The molecule has 10 nitrogen and oxygen atoms in total. The van der Waals surface area contributed by atoms with Crippen molar-refractivity contribution < 1.29 is 18.9 Å². The van der Waals surface area contributed by atoms with Crippen LogP contribution in [-0.4, -0.2) is 47.2 Å². The van der Waals surface area contributed by atoms with Crippen LogP contribution in [0.4, 0.5) is 0 Å². The third-order valence-corrected chi connectivity index (χ3v) is 12.4. The standard InChI is InChI=1S/C48H28N4O6/c1-55-33-17-25-37-27(47(53)51-31-15-23-11-7-5-9-21(23)13-29(31)49-45(25)51)19-35(57-3)41-42-36(58-4)20-28-38-26(18-34(56-2)40(44(38)42)39(33)43(37)41)46-50-30-14-22-10-6-8-12-24(22)16-32(30)52(46)48(28)54/h5-20H,1-4H3. The van der Waals surface area contributed by atoms with Crippen LogP contribution in [0.25, 0.3) is 120 Å². The minimum Gasteiger partial charge on any atom is -0.496 e. The SMILES string of the molecule is COc1cc2c(=O)n3c4cc5ccccc5cc4nc3c3cc(OC)c4c5c(OC)cc6c7c(cc(OC)c(c1c4c23)c57)c(=O)n1c2cc3ccccc3cc2nc61. The van der Waals surface area contributed by atoms with Gasteiger partial charge in [-0.25, -0.2) is 9.97 Å². The molecule has 0 aliphatic carbocycles. The van der Waals surface area contributed by atoms with Crippen molar-refractivity contribution in [3.63, 3.8) is 0 Å². The first-order valence-corrected chi connectivity index (χ1v) is 18.9. The highest BCUT2D eigenvalue weighted by Gasteiger charge is 2.31. The van der Waals surface area contributed by atoms with Crippen LogP contribution in [0.1, 0.15) is 0 Å². The molecule has 4 heterocycles. The quantitative estimate of drug-likeness (QED) is 0.129. The molecule has 0 aliphatic heterocycles. The zero-order chi connectivity index (χ0) is 38.9. The Morgan fingerprint density at radius 1 is 0.397 bits per heavy atom. The number of benzene rings is 9. The topological polar surface area (TPSA) is 106 Å². The predicted octanol–water partition coefficient (Wildman–Crippen LogP) is 9.58. The van der Waals surface area contributed by atoms with Crippen LogP contribution in [0.15, 0.2) is 107 Å². The van der Waals surface area contributed by atoms with E-state index in [1.165, 1.54) is 0 Å². The van der Waals surface area contributed by atoms with Crippen molar-refractivity contribution in [2.45, 2.75) is 0 Å². The molecule has 0 amide bonds. The Morgan fingerprint density at radius 2 is 0.724 bits per heavy atom. The highest BCUT2D eigenvalue weighted by Crippen LogP contribution is 2.55. The average molecular weight is 757 g/mol. The van der Waals surface area contributed by atoms with E-state index in [2.05, 4.69) is 0 Å². The Bertz CT molecular complexity index is 3850. The van der Waals surface area contributed by atoms with Gasteiger partial charge in [0.25, 0.3) is 11.1 Å². The highest BCUT2D eigenvalue weighted by atomic mass is 16.5. The van der Waals surface area contributed by atoms with Gasteiger partial charge in [-0.05, 0) is 70.1 Å². The van der Waals surface area contributed by atoms with E-state index in [0.717, 1.165) is 53.9 Å². The number of aromatic nitrogens is 4. The van der Waals surface area contributed by atoms with Crippen molar-refractivity contribution in [1.29, 1.82) is 0 Å². The molecule has 13 aromatic rings. The van der Waals surface area contributed by atoms with E-state index in [9.17, 15) is 9.59 Å². The maximum absolute atomic E-state index is 14.9. The largest absolute Gasteiger partial charge is 0.496 e. The van der Waals surface area contributed by atoms with Gasteiger partial charge < -0.3 is 18.9 Å². The van der Waals surface area contributed by atoms with Gasteiger partial charge in [-0.1, -0.05) is 48.5 Å². The fourth-order valence-electron chi connectivity index (χ4n) is 10.0. The third kappa shape index (κ3) is 3.55. The predicted molar refractivity (Wildman–Crippen MR) is 231 cm³/mol. The minimum absolute atomic E-state index is 0.214. The van der Waals surface area contributed by atoms with Gasteiger partial charge in [0.2, 0.25) is 0 Å². The number of nitrogens with zero attached hydrogens (tertiary/aromatic N) is 4. The Balaban J connectivity index is 1.31. The molecule has 0 aliphatic rings. The molecule has 0 saturated heterocycles. The molecule has 0 bridgehead atoms. The summed E-state index contributed by atoms with van der Waals surface area (Å²) < 4.78 is 28.5. The minimum atomic E-state index is -0.214. The van der Waals surface area contributed by atoms with Crippen LogP contribution in [0.5, 0.6) is 23.0 Å². The lowest BCUT2D eigenvalue weighted by Gasteiger charge is -2.24. The van der Waals surface area contributed by atoms with Gasteiger partial charge in [-0.3, -0.25) is 18.4 Å². The normalized spacial score (nSPS) is 12.6. The van der Waals surface area contributed by atoms with Gasteiger partial charge in [0, 0.05) is 53.9 Å². The number of ether oxygens (including phenoxy) is 4. The van der Waals surface area contributed by atoms with E-state index in [4.69, 9.17) is 28.9 Å². The van der Waals surface area contributed by atoms with E-state index in [1.54, 1.807) is 37.2 Å². The fourth-order valence-corrected chi connectivity index (χ4v) is 10.0. The van der Waals surface area contributed by atoms with Crippen LogP contribution >= 0.6 is 0 Å². The second-order valence-electron chi connectivity index (χ2n) is 15.0. The van der Waals surface area contributed by atoms with E-state index in [1.807, 2.05) is 97.1 Å². The molecular formula is C48H28N4O6. The van der Waals surface area contributed by atoms with Crippen LogP contribution in [0.3, 0.4) is 0 Å². The monoisotopic (exact) mass is 756 g/mol. The summed E-state index contributed by atoms with van der Waals surface area (Å²) in [6.45, 7) is 0. The maximum atomic E-state index is 14.9. The summed E-state index contributed by atoms with van der Waals surface area (Å²) in [5, 5.41) is 12.3. The van der Waals surface area contributed by atoms with Crippen molar-refractivity contribution in [1.82, 2.24) is 18.8 Å². The van der Waals surface area contributed by atoms with Gasteiger partial charge in [0.1, 0.15) is 34.3 Å². The molecule has 0 spiro atoms. The second kappa shape index (κ2) is 10.6. The zero-order valence-electron chi connectivity index (χ0n) is 31.5. The van der Waals surface area contributed by atoms with Crippen LogP contribution in [0.2, 0.25) is 0 Å². The first-order valence-electron chi connectivity index (χ1n) is 18.9. The summed E-state index contributed by atoms with van der Waals surface area (Å²) in [7, 11) is 6.48. The molecule has 0 radical (unpaired) electrons. The molecule has 0 atom stereocenters. The highest BCUT2D eigenvalue weighted by molar-refractivity contribution is 6.44. The third-order valence-electron chi connectivity index (χ3n) is 12.4. The van der Waals surface area contributed by atoms with E-state index < -0.39 is 0 Å². The summed E-state index contributed by atoms with van der Waals surface area (Å²) in [4.78, 5) is 40.1. The Hall–Kier alpha value is -7.72. The summed E-state index contributed by atoms with van der Waals surface area (Å²) in [5.41, 5.74) is 3.47. The fraction of sp³-hybridized carbons (Fsp3) is 0.0833. The van der Waals surface area contributed by atoms with Crippen molar-refractivity contribution in [2.24, 2.45) is 0 Å². The second-order valence-corrected chi connectivity index (χ2v) is 15.0. The van der Waals surface area contributed by atoms with E-state index in [0.29, 0.717) is 88.7 Å². The van der Waals surface area contributed by atoms with Crippen molar-refractivity contribution in [2.75, 3.05) is 28.4 Å². The van der Waals surface area contributed by atoms with E-state index >= 15 is 0 Å². The molecule has 0 saturated carbocycles. The summed E-state index contributed by atoms with van der Waals surface area (Å²) >= 11 is 0. The summed E-state index contributed by atoms with van der Waals surface area (Å²) in [5.74, 6) is 2.04. The lowest BCUT2D eigenvalue weighted by atomic mass is 9.84. The number of pyridine rings is 2. The first-order chi connectivity index (χ1) is 28.4. The van der Waals surface area contributed by atoms with Gasteiger partial charge in [-0.15, -0.1) is 0 Å². The zero-order valence-corrected chi connectivity index (χ0v) is 31.5. The molecule has 9 aromatic carbocycles. The molecule has 13 rings (SSSR count). The number of imidazole rings is 2. The number of rotatable bonds is 4. The number of hydrogen-bond donors (Lipinski definition) is 0. The van der Waals surface area contributed by atoms with Gasteiger partial charge >= 0.3 is 0 Å². The van der Waals surface area contributed by atoms with E-state index in [-0.39, 0.29) is 11.1 Å². The lowest BCUT2D eigenvalue weighted by molar-refractivity contribution is 0.415. The van der Waals surface area contributed by atoms with Crippen LogP contribution in [0, 0.1) is 0 Å². The summed E-state index contributed by atoms with van der Waals surface area (Å²) in [6, 6.07) is 31.8. The average Bonchev–Trinajstić information content (AvgIpc) is 3.83. The molecule has 0 fully saturated rings. The molecular weight excluding hydrogens is 729 g/mol. The number of hydrogen-bond acceptors (Lipinski definition) is 8. The molecule has 58 heavy (non-hydrogen) atoms. The maximum Gasteiger partial charge on any atom is 0.264 e. The molecule has 0 N–H and O–H groups in total. The van der Waals surface area contributed by atoms with Gasteiger partial charge in [0.15, 0.2) is 0 Å². The number of fused-ring (bicyclic) bond motifs is 12. The summed E-state index contributed by atoms with van der Waals surface area (Å²) in [6.07, 6.45) is 0. The molecule has 10 heteroatoms. The van der Waals surface area contributed by atoms with Crippen molar-refractivity contribution in [3.05, 3.63) is 118 Å².